The molecule has 1 heterocycles. The number of hydrogen-bond acceptors (Lipinski definition) is 11. The van der Waals surface area contributed by atoms with Gasteiger partial charge < -0.3 is 41.6 Å². The number of hydrogen-bond donors (Lipinski definition) is 7. The standard InChI is InChI=1S/C38H41N5O11.C4H10N2O/c1-53-34(49)17-11-27-10-6-25(9-16-33(47)48)22-29(27)42-37(52)54-24-26-7-12-28(13-8-26)41-30(44)23-40-36(51)38(18-5-19-38)35(50)39-20-3-2-4-21-43-31(45)14-15-32(43)46;1-2-3-6-4(5)7/h6-17,22H,2-5,18-21,23-24H2,1H3,(H,39,50)(H,40,51)(H,41,44)(H,42,52)(H,47,48);2-3H2,1H3,(H3,5,6,7)/b16-9+,17-11+;. The number of nitrogens with two attached hydrogens (primary N) is 1. The summed E-state index contributed by atoms with van der Waals surface area (Å²) in [4.78, 5) is 108. The lowest BCUT2D eigenvalue weighted by atomic mass is 9.67. The Balaban J connectivity index is 0.00000130. The Morgan fingerprint density at radius 1 is 0.836 bits per heavy atom. The third-order valence-corrected chi connectivity index (χ3v) is 9.22. The van der Waals surface area contributed by atoms with Crippen molar-refractivity contribution in [1.29, 1.82) is 0 Å². The number of unbranched alkanes of at least 4 members (excludes halogenated alkanes) is 2. The zero-order valence-electron chi connectivity index (χ0n) is 34.0. The van der Waals surface area contributed by atoms with Crippen molar-refractivity contribution in [3.63, 3.8) is 0 Å². The minimum absolute atomic E-state index is 0.134. The monoisotopic (exact) mass is 845 g/mol. The molecule has 0 saturated heterocycles. The molecule has 0 radical (unpaired) electrons. The van der Waals surface area contributed by atoms with Crippen LogP contribution in [0.2, 0.25) is 0 Å². The molecule has 19 heteroatoms. The quantitative estimate of drug-likeness (QED) is 0.0333. The number of benzene rings is 2. The number of aliphatic carboxylic acids is 1. The number of carboxylic acids is 1. The van der Waals surface area contributed by atoms with Gasteiger partial charge in [0.15, 0.2) is 0 Å². The van der Waals surface area contributed by atoms with E-state index in [1.807, 2.05) is 6.92 Å². The maximum Gasteiger partial charge on any atom is 0.411 e. The van der Waals surface area contributed by atoms with Crippen molar-refractivity contribution in [2.75, 3.05) is 43.9 Å². The van der Waals surface area contributed by atoms with Crippen molar-refractivity contribution >= 4 is 77.1 Å². The van der Waals surface area contributed by atoms with Gasteiger partial charge >= 0.3 is 24.1 Å². The van der Waals surface area contributed by atoms with Crippen LogP contribution in [0.15, 0.2) is 66.8 Å². The predicted molar refractivity (Wildman–Crippen MR) is 223 cm³/mol. The van der Waals surface area contributed by atoms with Crippen molar-refractivity contribution < 1.29 is 57.7 Å². The molecule has 326 valence electrons. The first-order valence-corrected chi connectivity index (χ1v) is 19.4. The lowest BCUT2D eigenvalue weighted by Crippen LogP contribution is -2.56. The second-order valence-corrected chi connectivity index (χ2v) is 13.7. The molecule has 1 saturated carbocycles. The van der Waals surface area contributed by atoms with Gasteiger partial charge in [0.2, 0.25) is 17.7 Å². The van der Waals surface area contributed by atoms with Gasteiger partial charge in [-0.3, -0.25) is 34.2 Å². The van der Waals surface area contributed by atoms with E-state index in [-0.39, 0.29) is 30.7 Å². The number of anilines is 2. The summed E-state index contributed by atoms with van der Waals surface area (Å²) in [6.07, 6.45) is 10.7. The average Bonchev–Trinajstić information content (AvgIpc) is 3.54. The van der Waals surface area contributed by atoms with E-state index in [0.717, 1.165) is 18.6 Å². The van der Waals surface area contributed by atoms with Crippen LogP contribution in [0.25, 0.3) is 12.2 Å². The van der Waals surface area contributed by atoms with E-state index in [1.165, 1.54) is 42.4 Å². The molecule has 2 aliphatic rings. The van der Waals surface area contributed by atoms with Crippen LogP contribution < -0.4 is 32.3 Å². The summed E-state index contributed by atoms with van der Waals surface area (Å²) in [6.45, 7) is 2.79. The lowest BCUT2D eigenvalue weighted by Gasteiger charge is -2.38. The van der Waals surface area contributed by atoms with E-state index >= 15 is 0 Å². The molecule has 61 heavy (non-hydrogen) atoms. The van der Waals surface area contributed by atoms with Crippen LogP contribution in [-0.2, 0) is 49.6 Å². The molecule has 0 bridgehead atoms. The number of amides is 8. The molecule has 8 amide bonds. The van der Waals surface area contributed by atoms with Gasteiger partial charge in [-0.15, -0.1) is 0 Å². The van der Waals surface area contributed by atoms with Gasteiger partial charge in [0, 0.05) is 49.6 Å². The highest BCUT2D eigenvalue weighted by molar-refractivity contribution is 6.13. The SMILES string of the molecule is CCCNC(N)=O.COC(=O)/C=C/c1ccc(/C=C/C(=O)O)cc1NC(=O)OCc1ccc(NC(=O)CNC(=O)C2(C(=O)NCCCCCN3C(=O)C=CC3=O)CCC2)cc1. The number of ether oxygens (including phenoxy) is 2. The molecule has 0 aromatic heterocycles. The zero-order chi connectivity index (χ0) is 44.8. The second kappa shape index (κ2) is 24.6. The van der Waals surface area contributed by atoms with E-state index in [4.69, 9.17) is 15.6 Å². The number of urea groups is 1. The predicted octanol–water partition coefficient (Wildman–Crippen LogP) is 3.22. The van der Waals surface area contributed by atoms with Crippen LogP contribution >= 0.6 is 0 Å². The average molecular weight is 846 g/mol. The Labute approximate surface area is 352 Å². The van der Waals surface area contributed by atoms with E-state index in [1.54, 1.807) is 36.4 Å². The van der Waals surface area contributed by atoms with Crippen LogP contribution in [0.4, 0.5) is 21.0 Å². The van der Waals surface area contributed by atoms with Gasteiger partial charge in [0.05, 0.1) is 19.3 Å². The minimum Gasteiger partial charge on any atom is -0.478 e. The molecule has 2 aromatic rings. The Bertz CT molecular complexity index is 2010. The Hall–Kier alpha value is -7.31. The van der Waals surface area contributed by atoms with Crippen molar-refractivity contribution in [3.05, 3.63) is 83.5 Å². The number of primary amides is 1. The molecule has 1 aliphatic heterocycles. The number of imide groups is 1. The molecular formula is C42H51N7O12. The lowest BCUT2D eigenvalue weighted by molar-refractivity contribution is -0.150. The molecular weight excluding hydrogens is 794 g/mol. The van der Waals surface area contributed by atoms with Crippen LogP contribution in [0, 0.1) is 5.41 Å². The van der Waals surface area contributed by atoms with Crippen molar-refractivity contribution in [3.8, 4) is 0 Å². The molecule has 0 spiro atoms. The molecule has 1 aliphatic carbocycles. The zero-order valence-corrected chi connectivity index (χ0v) is 34.0. The second-order valence-electron chi connectivity index (χ2n) is 13.7. The number of nitrogens with zero attached hydrogens (tertiary/aromatic N) is 1. The minimum atomic E-state index is -1.24. The highest BCUT2D eigenvalue weighted by atomic mass is 16.5. The molecule has 2 aromatic carbocycles. The van der Waals surface area contributed by atoms with E-state index in [2.05, 4.69) is 31.3 Å². The number of nitrogens with one attached hydrogen (secondary N) is 5. The fourth-order valence-electron chi connectivity index (χ4n) is 5.77. The highest BCUT2D eigenvalue weighted by Gasteiger charge is 2.50. The van der Waals surface area contributed by atoms with Gasteiger partial charge in [-0.05, 0) is 85.6 Å². The fraction of sp³-hybridized carbons (Fsp3) is 0.357. The third-order valence-electron chi connectivity index (χ3n) is 9.22. The van der Waals surface area contributed by atoms with Crippen molar-refractivity contribution in [1.82, 2.24) is 20.9 Å². The number of methoxy groups -OCH3 is 1. The first kappa shape index (κ1) is 48.1. The first-order chi connectivity index (χ1) is 29.2. The number of rotatable bonds is 20. The summed E-state index contributed by atoms with van der Waals surface area (Å²) in [5.41, 5.74) is 5.65. The fourth-order valence-corrected chi connectivity index (χ4v) is 5.77. The summed E-state index contributed by atoms with van der Waals surface area (Å²) >= 11 is 0. The molecule has 0 unspecified atom stereocenters. The largest absolute Gasteiger partial charge is 0.478 e. The van der Waals surface area contributed by atoms with E-state index in [9.17, 15) is 43.2 Å². The Kier molecular flexibility index (Phi) is 19.4. The first-order valence-electron chi connectivity index (χ1n) is 19.4. The van der Waals surface area contributed by atoms with Crippen molar-refractivity contribution in [2.45, 2.75) is 58.5 Å². The van der Waals surface area contributed by atoms with Crippen LogP contribution in [0.5, 0.6) is 0 Å². The number of carbonyl (C=O) groups is 9. The van der Waals surface area contributed by atoms with Gasteiger partial charge in [-0.25, -0.2) is 19.2 Å². The Morgan fingerprint density at radius 2 is 1.52 bits per heavy atom. The number of esters is 1. The Morgan fingerprint density at radius 3 is 2.11 bits per heavy atom. The summed E-state index contributed by atoms with van der Waals surface area (Å²) in [6, 6.07) is 10.7. The van der Waals surface area contributed by atoms with Gasteiger partial charge in [0.1, 0.15) is 12.0 Å². The van der Waals surface area contributed by atoms with Gasteiger partial charge in [-0.1, -0.05) is 37.6 Å². The number of carbonyl (C=O) groups excluding carboxylic acids is 8. The van der Waals surface area contributed by atoms with Gasteiger partial charge in [0.25, 0.3) is 11.8 Å². The summed E-state index contributed by atoms with van der Waals surface area (Å²) in [5.74, 6) is -3.86. The molecule has 4 rings (SSSR count). The van der Waals surface area contributed by atoms with Crippen LogP contribution in [0.3, 0.4) is 0 Å². The third kappa shape index (κ3) is 16.1. The summed E-state index contributed by atoms with van der Waals surface area (Å²) < 4.78 is 9.92. The summed E-state index contributed by atoms with van der Waals surface area (Å²) in [7, 11) is 1.22. The van der Waals surface area contributed by atoms with E-state index < -0.39 is 47.2 Å². The topological polar surface area (TPSA) is 282 Å². The van der Waals surface area contributed by atoms with Crippen LogP contribution in [0.1, 0.15) is 68.6 Å². The maximum atomic E-state index is 13.0. The summed E-state index contributed by atoms with van der Waals surface area (Å²) in [5, 5.41) is 22.0. The molecule has 1 fully saturated rings. The maximum absolute atomic E-state index is 13.0. The molecule has 0 atom stereocenters. The smallest absolute Gasteiger partial charge is 0.411 e. The molecule has 8 N–H and O–H groups in total. The van der Waals surface area contributed by atoms with Gasteiger partial charge in [-0.2, -0.15) is 0 Å². The van der Waals surface area contributed by atoms with Crippen LogP contribution in [-0.4, -0.2) is 96.9 Å². The van der Waals surface area contributed by atoms with Crippen molar-refractivity contribution in [2.24, 2.45) is 11.1 Å². The molecule has 19 nitrogen and oxygen atoms in total. The van der Waals surface area contributed by atoms with E-state index in [0.29, 0.717) is 80.5 Å². The normalized spacial score (nSPS) is 13.7. The highest BCUT2D eigenvalue weighted by Crippen LogP contribution is 2.41. The number of carboxylic acid groups (broad SMARTS) is 1.